The number of aryl methyl sites for hydroxylation is 2. The number of hydrogen-bond donors (Lipinski definition) is 2. The molecule has 0 saturated carbocycles. The normalized spacial score (nSPS) is 12.7. The average molecular weight is 243 g/mol. The van der Waals surface area contributed by atoms with E-state index in [1.54, 1.807) is 0 Å². The summed E-state index contributed by atoms with van der Waals surface area (Å²) in [5, 5.41) is 0. The van der Waals surface area contributed by atoms with Gasteiger partial charge in [-0.05, 0) is 49.1 Å². The van der Waals surface area contributed by atoms with Gasteiger partial charge in [-0.15, -0.1) is 0 Å². The predicted octanol–water partition coefficient (Wildman–Crippen LogP) is 2.83. The van der Waals surface area contributed by atoms with E-state index >= 15 is 0 Å². The molecule has 3 N–H and O–H groups in total. The van der Waals surface area contributed by atoms with E-state index in [0.29, 0.717) is 12.5 Å². The Morgan fingerprint density at radius 1 is 1.28 bits per heavy atom. The van der Waals surface area contributed by atoms with Crippen molar-refractivity contribution in [2.45, 2.75) is 27.2 Å². The molecule has 0 bridgehead atoms. The number of nitrogens with two attached hydrogens (primary N) is 1. The topological polar surface area (TPSA) is 54.7 Å². The van der Waals surface area contributed by atoms with E-state index in [0.717, 1.165) is 17.9 Å². The molecule has 3 heteroatoms. The van der Waals surface area contributed by atoms with Gasteiger partial charge in [-0.25, -0.2) is 4.98 Å². The van der Waals surface area contributed by atoms with Crippen molar-refractivity contribution in [2.24, 2.45) is 11.7 Å². The van der Waals surface area contributed by atoms with Crippen LogP contribution in [0, 0.1) is 19.8 Å². The molecule has 1 heterocycles. The van der Waals surface area contributed by atoms with Gasteiger partial charge in [-0.1, -0.05) is 19.1 Å². The number of hydrogen-bond acceptors (Lipinski definition) is 2. The van der Waals surface area contributed by atoms with Crippen molar-refractivity contribution in [2.75, 3.05) is 6.54 Å². The molecule has 0 aliphatic rings. The van der Waals surface area contributed by atoms with Crippen molar-refractivity contribution >= 4 is 0 Å². The maximum atomic E-state index is 5.63. The maximum absolute atomic E-state index is 5.63. The lowest BCUT2D eigenvalue weighted by molar-refractivity contribution is 0.577. The molecule has 1 unspecified atom stereocenters. The lowest BCUT2D eigenvalue weighted by Crippen LogP contribution is -2.13. The van der Waals surface area contributed by atoms with Gasteiger partial charge in [0, 0.05) is 6.42 Å². The molecule has 0 spiro atoms. The van der Waals surface area contributed by atoms with Gasteiger partial charge in [0.15, 0.2) is 0 Å². The molecule has 18 heavy (non-hydrogen) atoms. The summed E-state index contributed by atoms with van der Waals surface area (Å²) in [6, 6.07) is 6.47. The number of nitrogens with zero attached hydrogens (tertiary/aromatic N) is 1. The van der Waals surface area contributed by atoms with Crippen molar-refractivity contribution < 1.29 is 0 Å². The summed E-state index contributed by atoms with van der Waals surface area (Å²) in [7, 11) is 0. The third-order valence-electron chi connectivity index (χ3n) is 3.39. The van der Waals surface area contributed by atoms with E-state index in [1.165, 1.54) is 16.7 Å². The van der Waals surface area contributed by atoms with Crippen molar-refractivity contribution in [1.29, 1.82) is 0 Å². The first kappa shape index (κ1) is 12.8. The molecular formula is C15H21N3. The van der Waals surface area contributed by atoms with E-state index < -0.39 is 0 Å². The summed E-state index contributed by atoms with van der Waals surface area (Å²) >= 11 is 0. The molecule has 3 nitrogen and oxygen atoms in total. The number of rotatable bonds is 4. The van der Waals surface area contributed by atoms with Crippen LogP contribution in [0.3, 0.4) is 0 Å². The highest BCUT2D eigenvalue weighted by molar-refractivity contribution is 5.60. The first-order valence-corrected chi connectivity index (χ1v) is 6.41. The van der Waals surface area contributed by atoms with Crippen LogP contribution in [0.25, 0.3) is 11.3 Å². The number of nitrogens with one attached hydrogen (secondary N) is 1. The Bertz CT molecular complexity index is 528. The molecular weight excluding hydrogens is 222 g/mol. The quantitative estimate of drug-likeness (QED) is 0.867. The lowest BCUT2D eigenvalue weighted by atomic mass is 10.0. The van der Waals surface area contributed by atoms with Gasteiger partial charge in [0.05, 0.1) is 11.9 Å². The largest absolute Gasteiger partial charge is 0.342 e. The van der Waals surface area contributed by atoms with Crippen LogP contribution < -0.4 is 5.73 Å². The van der Waals surface area contributed by atoms with Crippen molar-refractivity contribution in [1.82, 2.24) is 9.97 Å². The van der Waals surface area contributed by atoms with Gasteiger partial charge < -0.3 is 10.7 Å². The minimum absolute atomic E-state index is 0.462. The monoisotopic (exact) mass is 243 g/mol. The molecule has 0 fully saturated rings. The number of aromatic amines is 1. The standard InChI is InChI=1S/C15H21N3/c1-10(8-16)6-15-17-9-14(18-15)13-5-4-11(2)12(3)7-13/h4-5,7,9-10H,6,8,16H2,1-3H3,(H,17,18). The van der Waals surface area contributed by atoms with Crippen LogP contribution in [0.5, 0.6) is 0 Å². The summed E-state index contributed by atoms with van der Waals surface area (Å²) in [6.45, 7) is 7.09. The summed E-state index contributed by atoms with van der Waals surface area (Å²) in [6.07, 6.45) is 2.81. The van der Waals surface area contributed by atoms with E-state index in [9.17, 15) is 0 Å². The minimum Gasteiger partial charge on any atom is -0.342 e. The molecule has 0 aliphatic carbocycles. The van der Waals surface area contributed by atoms with E-state index in [2.05, 4.69) is 48.9 Å². The van der Waals surface area contributed by atoms with Gasteiger partial charge in [0.1, 0.15) is 5.82 Å². The Balaban J connectivity index is 2.21. The molecule has 96 valence electrons. The van der Waals surface area contributed by atoms with E-state index in [-0.39, 0.29) is 0 Å². The highest BCUT2D eigenvalue weighted by atomic mass is 14.9. The summed E-state index contributed by atoms with van der Waals surface area (Å²) in [5.74, 6) is 1.48. The van der Waals surface area contributed by atoms with Crippen LogP contribution >= 0.6 is 0 Å². The third-order valence-corrected chi connectivity index (χ3v) is 3.39. The minimum atomic E-state index is 0.462. The van der Waals surface area contributed by atoms with Crippen LogP contribution in [0.1, 0.15) is 23.9 Å². The Labute approximate surface area is 108 Å². The predicted molar refractivity (Wildman–Crippen MR) is 75.4 cm³/mol. The average Bonchev–Trinajstić information content (AvgIpc) is 2.81. The van der Waals surface area contributed by atoms with Crippen molar-refractivity contribution in [3.63, 3.8) is 0 Å². The second-order valence-electron chi connectivity index (χ2n) is 5.09. The zero-order chi connectivity index (χ0) is 13.1. The molecule has 0 aliphatic heterocycles. The molecule has 0 radical (unpaired) electrons. The smallest absolute Gasteiger partial charge is 0.106 e. The highest BCUT2D eigenvalue weighted by Gasteiger charge is 2.07. The van der Waals surface area contributed by atoms with Crippen LogP contribution in [0.15, 0.2) is 24.4 Å². The molecule has 2 rings (SSSR count). The van der Waals surface area contributed by atoms with Gasteiger partial charge in [0.2, 0.25) is 0 Å². The zero-order valence-corrected chi connectivity index (χ0v) is 11.3. The van der Waals surface area contributed by atoms with Crippen LogP contribution in [0.4, 0.5) is 0 Å². The van der Waals surface area contributed by atoms with E-state index in [4.69, 9.17) is 5.73 Å². The first-order chi connectivity index (χ1) is 8.60. The second-order valence-corrected chi connectivity index (χ2v) is 5.09. The Hall–Kier alpha value is -1.61. The van der Waals surface area contributed by atoms with Crippen LogP contribution in [-0.4, -0.2) is 16.5 Å². The number of imidazole rings is 1. The molecule has 0 amide bonds. The Kier molecular flexibility index (Phi) is 3.82. The Morgan fingerprint density at radius 3 is 2.72 bits per heavy atom. The van der Waals surface area contributed by atoms with Crippen molar-refractivity contribution in [3.05, 3.63) is 41.3 Å². The van der Waals surface area contributed by atoms with Crippen molar-refractivity contribution in [3.8, 4) is 11.3 Å². The molecule has 1 aromatic heterocycles. The molecule has 1 atom stereocenters. The van der Waals surface area contributed by atoms with E-state index in [1.807, 2.05) is 6.20 Å². The van der Waals surface area contributed by atoms with Gasteiger partial charge in [-0.2, -0.15) is 0 Å². The Morgan fingerprint density at radius 2 is 2.06 bits per heavy atom. The molecule has 2 aromatic rings. The van der Waals surface area contributed by atoms with Gasteiger partial charge >= 0.3 is 0 Å². The highest BCUT2D eigenvalue weighted by Crippen LogP contribution is 2.20. The molecule has 0 saturated heterocycles. The molecule has 1 aromatic carbocycles. The lowest BCUT2D eigenvalue weighted by Gasteiger charge is -2.05. The SMILES string of the molecule is Cc1ccc(-c2cnc(CC(C)CN)[nH]2)cc1C. The number of aromatic nitrogens is 2. The summed E-state index contributed by atoms with van der Waals surface area (Å²) in [4.78, 5) is 7.80. The fourth-order valence-electron chi connectivity index (χ4n) is 1.94. The fourth-order valence-corrected chi connectivity index (χ4v) is 1.94. The van der Waals surface area contributed by atoms with Gasteiger partial charge in [-0.3, -0.25) is 0 Å². The third kappa shape index (κ3) is 2.79. The van der Waals surface area contributed by atoms with Gasteiger partial charge in [0.25, 0.3) is 0 Å². The second kappa shape index (κ2) is 5.36. The zero-order valence-electron chi connectivity index (χ0n) is 11.3. The summed E-state index contributed by atoms with van der Waals surface area (Å²) < 4.78 is 0. The fraction of sp³-hybridized carbons (Fsp3) is 0.400. The summed E-state index contributed by atoms with van der Waals surface area (Å²) in [5.41, 5.74) is 10.5. The van der Waals surface area contributed by atoms with Crippen LogP contribution in [0.2, 0.25) is 0 Å². The first-order valence-electron chi connectivity index (χ1n) is 6.41. The maximum Gasteiger partial charge on any atom is 0.106 e. The number of H-pyrrole nitrogens is 1. The number of benzene rings is 1. The van der Waals surface area contributed by atoms with Crippen LogP contribution in [-0.2, 0) is 6.42 Å².